The molecular formula is C8H18O4Si. The highest BCUT2D eigenvalue weighted by Crippen LogP contribution is 2.20. The summed E-state index contributed by atoms with van der Waals surface area (Å²) in [4.78, 5) is 10.2. The Hall–Kier alpha value is 0.0569. The molecule has 0 aromatic rings. The van der Waals surface area contributed by atoms with Crippen molar-refractivity contribution in [2.24, 2.45) is 0 Å². The fraction of sp³-hybridized carbons (Fsp3) is 1.00. The molecule has 0 radical (unpaired) electrons. The van der Waals surface area contributed by atoms with Crippen LogP contribution in [-0.4, -0.2) is 21.8 Å². The molecule has 1 fully saturated rings. The van der Waals surface area contributed by atoms with Crippen LogP contribution in [0.5, 0.6) is 0 Å². The molecule has 1 aliphatic heterocycles. The molecular weight excluding hydrogens is 188 g/mol. The van der Waals surface area contributed by atoms with Crippen molar-refractivity contribution in [3.05, 3.63) is 0 Å². The minimum atomic E-state index is -2.19. The minimum absolute atomic E-state index is 0.640. The Kier molecular flexibility index (Phi) is 4.90. The summed E-state index contributed by atoms with van der Waals surface area (Å²) in [5.41, 5.74) is 0. The van der Waals surface area contributed by atoms with Crippen LogP contribution >= 0.6 is 0 Å². The van der Waals surface area contributed by atoms with Crippen LogP contribution in [0.2, 0.25) is 12.1 Å². The van der Waals surface area contributed by atoms with Crippen molar-refractivity contribution < 1.29 is 18.9 Å². The summed E-state index contributed by atoms with van der Waals surface area (Å²) in [7, 11) is -2.19. The van der Waals surface area contributed by atoms with Gasteiger partial charge in [-0.1, -0.05) is 13.8 Å². The van der Waals surface area contributed by atoms with Crippen LogP contribution in [0.3, 0.4) is 0 Å². The first-order chi connectivity index (χ1) is 6.33. The Morgan fingerprint density at radius 3 is 1.77 bits per heavy atom. The van der Waals surface area contributed by atoms with Crippen LogP contribution in [0.25, 0.3) is 0 Å². The minimum Gasteiger partial charge on any atom is -0.248 e. The average molecular weight is 206 g/mol. The second-order valence-corrected chi connectivity index (χ2v) is 6.70. The Morgan fingerprint density at radius 1 is 0.923 bits per heavy atom. The molecule has 0 N–H and O–H groups in total. The first-order valence-electron chi connectivity index (χ1n) is 4.94. The highest BCUT2D eigenvalue weighted by Gasteiger charge is 2.38. The van der Waals surface area contributed by atoms with Gasteiger partial charge < -0.3 is 0 Å². The largest absolute Gasteiger partial charge is 0.409 e. The van der Waals surface area contributed by atoms with Crippen LogP contribution in [0, 0.1) is 0 Å². The van der Waals surface area contributed by atoms with E-state index in [9.17, 15) is 0 Å². The predicted octanol–water partition coefficient (Wildman–Crippen LogP) is 2.16. The molecule has 1 rings (SSSR count). The van der Waals surface area contributed by atoms with Crippen molar-refractivity contribution in [1.29, 1.82) is 0 Å². The zero-order chi connectivity index (χ0) is 9.57. The van der Waals surface area contributed by atoms with Crippen molar-refractivity contribution in [1.82, 2.24) is 0 Å². The molecule has 0 atom stereocenters. The van der Waals surface area contributed by atoms with Gasteiger partial charge in [-0.3, -0.25) is 0 Å². The summed E-state index contributed by atoms with van der Waals surface area (Å²) in [5, 5.41) is 0. The van der Waals surface area contributed by atoms with Gasteiger partial charge in [-0.15, -0.1) is 0 Å². The first kappa shape index (κ1) is 11.1. The molecule has 0 bridgehead atoms. The highest BCUT2D eigenvalue weighted by molar-refractivity contribution is 6.66. The Labute approximate surface area is 80.2 Å². The van der Waals surface area contributed by atoms with E-state index < -0.39 is 8.56 Å². The van der Waals surface area contributed by atoms with E-state index in [2.05, 4.69) is 0 Å². The van der Waals surface area contributed by atoms with Gasteiger partial charge in [-0.25, -0.2) is 18.9 Å². The quantitative estimate of drug-likeness (QED) is 0.512. The summed E-state index contributed by atoms with van der Waals surface area (Å²) >= 11 is 0. The van der Waals surface area contributed by atoms with E-state index in [1.54, 1.807) is 0 Å². The highest BCUT2D eigenvalue weighted by atomic mass is 28.4. The van der Waals surface area contributed by atoms with Gasteiger partial charge in [0.2, 0.25) is 0 Å². The van der Waals surface area contributed by atoms with E-state index >= 15 is 0 Å². The van der Waals surface area contributed by atoms with Crippen LogP contribution in [0.1, 0.15) is 26.7 Å². The normalized spacial score (nSPS) is 24.5. The van der Waals surface area contributed by atoms with Gasteiger partial charge in [0.05, 0.1) is 13.2 Å². The molecule has 1 saturated heterocycles. The molecule has 0 unspecified atom stereocenters. The van der Waals surface area contributed by atoms with Gasteiger partial charge in [0.1, 0.15) is 0 Å². The molecule has 1 heterocycles. The van der Waals surface area contributed by atoms with Crippen molar-refractivity contribution in [2.45, 2.75) is 38.8 Å². The lowest BCUT2D eigenvalue weighted by molar-refractivity contribution is -0.284. The number of hydrogen-bond donors (Lipinski definition) is 0. The molecule has 0 saturated carbocycles. The van der Waals surface area contributed by atoms with Gasteiger partial charge in [0.25, 0.3) is 0 Å². The van der Waals surface area contributed by atoms with Gasteiger partial charge in [0, 0.05) is 0 Å². The lowest BCUT2D eigenvalue weighted by Crippen LogP contribution is -2.40. The molecule has 1 aliphatic rings. The zero-order valence-electron chi connectivity index (χ0n) is 8.38. The molecule has 5 heteroatoms. The van der Waals surface area contributed by atoms with Crippen LogP contribution in [0.15, 0.2) is 0 Å². The summed E-state index contributed by atoms with van der Waals surface area (Å²) in [6, 6.07) is 1.70. The second kappa shape index (κ2) is 5.72. The van der Waals surface area contributed by atoms with Crippen LogP contribution in [0.4, 0.5) is 0 Å². The van der Waals surface area contributed by atoms with E-state index in [4.69, 9.17) is 18.9 Å². The maximum atomic E-state index is 5.34. The summed E-state index contributed by atoms with van der Waals surface area (Å²) in [5.74, 6) is 0. The summed E-state index contributed by atoms with van der Waals surface area (Å²) < 4.78 is 10.7. The van der Waals surface area contributed by atoms with Crippen molar-refractivity contribution in [3.8, 4) is 0 Å². The van der Waals surface area contributed by atoms with Crippen LogP contribution < -0.4 is 0 Å². The Bertz CT molecular complexity index is 126. The maximum Gasteiger partial charge on any atom is 0.409 e. The third kappa shape index (κ3) is 3.36. The Morgan fingerprint density at radius 2 is 1.38 bits per heavy atom. The maximum absolute atomic E-state index is 5.34. The lowest BCUT2D eigenvalue weighted by atomic mass is 10.3. The molecule has 0 aromatic heterocycles. The molecule has 0 aliphatic carbocycles. The topological polar surface area (TPSA) is 36.9 Å². The first-order valence-corrected chi connectivity index (χ1v) is 7.17. The van der Waals surface area contributed by atoms with Gasteiger partial charge >= 0.3 is 8.56 Å². The molecule has 4 nitrogen and oxygen atoms in total. The third-order valence-electron chi connectivity index (χ3n) is 2.20. The predicted molar refractivity (Wildman–Crippen MR) is 50.0 cm³/mol. The lowest BCUT2D eigenvalue weighted by Gasteiger charge is -2.24. The smallest absolute Gasteiger partial charge is 0.248 e. The van der Waals surface area contributed by atoms with Gasteiger partial charge in [-0.2, -0.15) is 0 Å². The van der Waals surface area contributed by atoms with Crippen LogP contribution in [-0.2, 0) is 18.9 Å². The number of rotatable bonds is 2. The van der Waals surface area contributed by atoms with E-state index in [-0.39, 0.29) is 0 Å². The Balaban J connectivity index is 2.47. The van der Waals surface area contributed by atoms with Gasteiger partial charge in [-0.05, 0) is 24.9 Å². The van der Waals surface area contributed by atoms with Crippen molar-refractivity contribution in [2.75, 3.05) is 13.2 Å². The number of hydrogen-bond acceptors (Lipinski definition) is 4. The molecule has 13 heavy (non-hydrogen) atoms. The molecule has 0 aromatic carbocycles. The second-order valence-electron chi connectivity index (χ2n) is 3.14. The standard InChI is InChI=1S/C8H18O4Si/c1-3-13(4-2)11-9-7-5-6-8-10-12-13/h3-8H2,1-2H3. The van der Waals surface area contributed by atoms with E-state index in [0.29, 0.717) is 13.2 Å². The zero-order valence-corrected chi connectivity index (χ0v) is 9.38. The third-order valence-corrected chi connectivity index (χ3v) is 5.20. The summed E-state index contributed by atoms with van der Waals surface area (Å²) in [6.07, 6.45) is 1.92. The fourth-order valence-corrected chi connectivity index (χ4v) is 2.72. The summed E-state index contributed by atoms with van der Waals surface area (Å²) in [6.45, 7) is 5.36. The van der Waals surface area contributed by atoms with E-state index in [1.165, 1.54) is 0 Å². The molecule has 0 spiro atoms. The van der Waals surface area contributed by atoms with Gasteiger partial charge in [0.15, 0.2) is 0 Å². The van der Waals surface area contributed by atoms with Crippen molar-refractivity contribution >= 4 is 8.56 Å². The monoisotopic (exact) mass is 206 g/mol. The average Bonchev–Trinajstić information content (AvgIpc) is 2.29. The SMILES string of the molecule is CC[Si]1(CC)OOCCCCOO1. The van der Waals surface area contributed by atoms with Crippen molar-refractivity contribution in [3.63, 3.8) is 0 Å². The molecule has 0 amide bonds. The fourth-order valence-electron chi connectivity index (χ4n) is 1.12. The molecule has 78 valence electrons. The van der Waals surface area contributed by atoms with E-state index in [1.807, 2.05) is 13.8 Å². The van der Waals surface area contributed by atoms with E-state index in [0.717, 1.165) is 24.9 Å².